The van der Waals surface area contributed by atoms with Gasteiger partial charge in [-0.2, -0.15) is 0 Å². The van der Waals surface area contributed by atoms with Crippen LogP contribution < -0.4 is 9.62 Å². The Hall–Kier alpha value is -1.47. The van der Waals surface area contributed by atoms with Crippen LogP contribution in [0.25, 0.3) is 0 Å². The predicted octanol–water partition coefficient (Wildman–Crippen LogP) is 4.29. The van der Waals surface area contributed by atoms with Crippen molar-refractivity contribution >= 4 is 56.4 Å². The summed E-state index contributed by atoms with van der Waals surface area (Å²) >= 11 is 18.0. The van der Waals surface area contributed by atoms with Crippen molar-refractivity contribution in [1.82, 2.24) is 5.32 Å². The van der Waals surface area contributed by atoms with Crippen molar-refractivity contribution in [2.75, 3.05) is 17.1 Å². The third-order valence-corrected chi connectivity index (χ3v) is 5.77. The lowest BCUT2D eigenvalue weighted by atomic mass is 10.1. The summed E-state index contributed by atoms with van der Waals surface area (Å²) in [7, 11) is -3.78. The lowest BCUT2D eigenvalue weighted by Crippen LogP contribution is -2.41. The zero-order valence-corrected chi connectivity index (χ0v) is 17.1. The summed E-state index contributed by atoms with van der Waals surface area (Å²) in [6, 6.07) is 11.7. The molecule has 0 aliphatic heterocycles. The topological polar surface area (TPSA) is 66.5 Å². The van der Waals surface area contributed by atoms with E-state index in [1.54, 1.807) is 0 Å². The highest BCUT2D eigenvalue weighted by atomic mass is 35.5. The van der Waals surface area contributed by atoms with E-state index in [0.717, 1.165) is 16.1 Å². The fourth-order valence-electron chi connectivity index (χ4n) is 2.33. The minimum absolute atomic E-state index is 0.0775. The molecule has 0 bridgehead atoms. The first-order chi connectivity index (χ1) is 12.1. The normalized spacial score (nSPS) is 12.5. The number of benzene rings is 2. The van der Waals surface area contributed by atoms with Crippen LogP contribution in [0.1, 0.15) is 18.5 Å². The van der Waals surface area contributed by atoms with E-state index in [9.17, 15) is 13.2 Å². The minimum atomic E-state index is -3.78. The number of hydrogen-bond donors (Lipinski definition) is 1. The quantitative estimate of drug-likeness (QED) is 0.688. The van der Waals surface area contributed by atoms with Gasteiger partial charge in [0, 0.05) is 0 Å². The monoisotopic (exact) mass is 434 g/mol. The Kier molecular flexibility index (Phi) is 6.80. The Bertz CT molecular complexity index is 905. The van der Waals surface area contributed by atoms with Gasteiger partial charge in [-0.05, 0) is 24.6 Å². The molecule has 0 aliphatic rings. The SMILES string of the molecule is C[C@@H](NC(=O)CN(c1cc(Cl)c(Cl)cc1Cl)S(C)(=O)=O)c1ccccc1. The number of carbonyl (C=O) groups excluding carboxylic acids is 1. The van der Waals surface area contributed by atoms with E-state index in [1.807, 2.05) is 37.3 Å². The summed E-state index contributed by atoms with van der Waals surface area (Å²) in [6.07, 6.45) is 0.986. The lowest BCUT2D eigenvalue weighted by molar-refractivity contribution is -0.120. The van der Waals surface area contributed by atoms with Crippen LogP contribution in [0.5, 0.6) is 0 Å². The van der Waals surface area contributed by atoms with E-state index >= 15 is 0 Å². The van der Waals surface area contributed by atoms with Crippen LogP contribution >= 0.6 is 34.8 Å². The zero-order valence-electron chi connectivity index (χ0n) is 14.0. The number of sulfonamides is 1. The number of amides is 1. The van der Waals surface area contributed by atoms with Gasteiger partial charge in [-0.25, -0.2) is 8.42 Å². The van der Waals surface area contributed by atoms with Gasteiger partial charge in [0.05, 0.1) is 33.1 Å². The molecule has 0 spiro atoms. The minimum Gasteiger partial charge on any atom is -0.348 e. The molecule has 140 valence electrons. The third-order valence-electron chi connectivity index (χ3n) is 3.62. The molecule has 26 heavy (non-hydrogen) atoms. The Labute approximate surface area is 167 Å². The van der Waals surface area contributed by atoms with E-state index in [1.165, 1.54) is 12.1 Å². The second-order valence-electron chi connectivity index (χ2n) is 5.69. The molecule has 1 N–H and O–H groups in total. The van der Waals surface area contributed by atoms with E-state index in [0.29, 0.717) is 0 Å². The van der Waals surface area contributed by atoms with Crippen LogP contribution in [-0.2, 0) is 14.8 Å². The smallest absolute Gasteiger partial charge is 0.241 e. The van der Waals surface area contributed by atoms with Gasteiger partial charge in [-0.3, -0.25) is 9.10 Å². The largest absolute Gasteiger partial charge is 0.348 e. The summed E-state index contributed by atoms with van der Waals surface area (Å²) < 4.78 is 25.3. The lowest BCUT2D eigenvalue weighted by Gasteiger charge is -2.24. The molecule has 9 heteroatoms. The molecule has 0 heterocycles. The summed E-state index contributed by atoms with van der Waals surface area (Å²) in [5.74, 6) is -0.478. The average Bonchev–Trinajstić information content (AvgIpc) is 2.56. The van der Waals surface area contributed by atoms with Crippen LogP contribution in [0.15, 0.2) is 42.5 Å². The Balaban J connectivity index is 2.24. The van der Waals surface area contributed by atoms with E-state index in [-0.39, 0.29) is 26.8 Å². The number of hydrogen-bond acceptors (Lipinski definition) is 3. The summed E-state index contributed by atoms with van der Waals surface area (Å²) in [5.41, 5.74) is 0.991. The van der Waals surface area contributed by atoms with Gasteiger partial charge in [0.1, 0.15) is 6.54 Å². The van der Waals surface area contributed by atoms with E-state index in [4.69, 9.17) is 34.8 Å². The molecule has 1 atom stereocenters. The molecule has 2 aromatic carbocycles. The molecule has 0 fully saturated rings. The van der Waals surface area contributed by atoms with Gasteiger partial charge in [-0.1, -0.05) is 65.1 Å². The van der Waals surface area contributed by atoms with Gasteiger partial charge >= 0.3 is 0 Å². The Morgan fingerprint density at radius 3 is 2.23 bits per heavy atom. The van der Waals surface area contributed by atoms with E-state index < -0.39 is 22.5 Å². The van der Waals surface area contributed by atoms with Crippen LogP contribution in [0.2, 0.25) is 15.1 Å². The standard InChI is InChI=1S/C17H17Cl3N2O3S/c1-11(12-6-4-3-5-7-12)21-17(23)10-22(26(2,24)25)16-9-14(19)13(18)8-15(16)20/h3-9,11H,10H2,1-2H3,(H,21,23)/t11-/m1/s1. The van der Waals surface area contributed by atoms with Gasteiger partial charge in [0.2, 0.25) is 15.9 Å². The highest BCUT2D eigenvalue weighted by Gasteiger charge is 2.24. The number of rotatable bonds is 6. The molecule has 0 aromatic heterocycles. The van der Waals surface area contributed by atoms with Crippen molar-refractivity contribution in [3.8, 4) is 0 Å². The molecule has 2 aromatic rings. The van der Waals surface area contributed by atoms with Crippen LogP contribution in [-0.4, -0.2) is 27.1 Å². The molecular weight excluding hydrogens is 419 g/mol. The maximum Gasteiger partial charge on any atom is 0.241 e. The highest BCUT2D eigenvalue weighted by Crippen LogP contribution is 2.35. The van der Waals surface area contributed by atoms with Crippen molar-refractivity contribution in [2.45, 2.75) is 13.0 Å². The molecule has 0 radical (unpaired) electrons. The zero-order chi connectivity index (χ0) is 19.5. The number of nitrogens with one attached hydrogen (secondary N) is 1. The molecule has 1 amide bonds. The molecule has 0 saturated carbocycles. The first kappa shape index (κ1) is 20.8. The fourth-order valence-corrected chi connectivity index (χ4v) is 3.88. The van der Waals surface area contributed by atoms with Gasteiger partial charge in [0.15, 0.2) is 0 Å². The Morgan fingerprint density at radius 1 is 1.08 bits per heavy atom. The second-order valence-corrected chi connectivity index (χ2v) is 8.82. The van der Waals surface area contributed by atoms with Crippen LogP contribution in [0, 0.1) is 0 Å². The maximum absolute atomic E-state index is 12.4. The fraction of sp³-hybridized carbons (Fsp3) is 0.235. The van der Waals surface area contributed by atoms with Crippen LogP contribution in [0.3, 0.4) is 0 Å². The van der Waals surface area contributed by atoms with Gasteiger partial charge < -0.3 is 5.32 Å². The second kappa shape index (κ2) is 8.48. The van der Waals surface area contributed by atoms with Crippen molar-refractivity contribution in [3.05, 3.63) is 63.1 Å². The van der Waals surface area contributed by atoms with Crippen molar-refractivity contribution in [1.29, 1.82) is 0 Å². The number of anilines is 1. The third kappa shape index (κ3) is 5.27. The molecule has 0 aliphatic carbocycles. The Morgan fingerprint density at radius 2 is 1.65 bits per heavy atom. The molecule has 2 rings (SSSR count). The summed E-state index contributed by atoms with van der Waals surface area (Å²) in [6.45, 7) is 1.37. The molecule has 0 unspecified atom stereocenters. The predicted molar refractivity (Wildman–Crippen MR) is 107 cm³/mol. The maximum atomic E-state index is 12.4. The molecular formula is C17H17Cl3N2O3S. The van der Waals surface area contributed by atoms with E-state index in [2.05, 4.69) is 5.32 Å². The van der Waals surface area contributed by atoms with Crippen molar-refractivity contribution in [2.24, 2.45) is 0 Å². The first-order valence-electron chi connectivity index (χ1n) is 7.56. The van der Waals surface area contributed by atoms with Crippen molar-refractivity contribution < 1.29 is 13.2 Å². The van der Waals surface area contributed by atoms with Gasteiger partial charge in [0.25, 0.3) is 0 Å². The molecule has 5 nitrogen and oxygen atoms in total. The number of halogens is 3. The molecule has 0 saturated heterocycles. The highest BCUT2D eigenvalue weighted by molar-refractivity contribution is 7.92. The van der Waals surface area contributed by atoms with Crippen molar-refractivity contribution in [3.63, 3.8) is 0 Å². The summed E-state index contributed by atoms with van der Waals surface area (Å²) in [5, 5.41) is 3.17. The summed E-state index contributed by atoms with van der Waals surface area (Å²) in [4.78, 5) is 12.4. The van der Waals surface area contributed by atoms with Crippen LogP contribution in [0.4, 0.5) is 5.69 Å². The first-order valence-corrected chi connectivity index (χ1v) is 10.5. The average molecular weight is 436 g/mol. The number of carbonyl (C=O) groups is 1. The van der Waals surface area contributed by atoms with Gasteiger partial charge in [-0.15, -0.1) is 0 Å². The number of nitrogens with zero attached hydrogens (tertiary/aromatic N) is 1.